The molecule has 1 amide bonds. The van der Waals surface area contributed by atoms with Gasteiger partial charge in [0.2, 0.25) is 5.91 Å². The van der Waals surface area contributed by atoms with E-state index in [4.69, 9.17) is 0 Å². The zero-order chi connectivity index (χ0) is 17.0. The molecule has 2 aromatic heterocycles. The van der Waals surface area contributed by atoms with Gasteiger partial charge >= 0.3 is 0 Å². The first-order valence-electron chi connectivity index (χ1n) is 7.59. The molecule has 0 aliphatic heterocycles. The number of nitriles is 1. The number of nitrogens with one attached hydrogen (secondary N) is 1. The van der Waals surface area contributed by atoms with Crippen molar-refractivity contribution in [3.05, 3.63) is 46.6 Å². The lowest BCUT2D eigenvalue weighted by atomic mass is 9.86. The SMILES string of the molecule is Cc1cc[n+](CCC(=O)Nc2scc(C(C)(C)C)c2C#N)cc1.[Br-]. The Labute approximate surface area is 157 Å². The summed E-state index contributed by atoms with van der Waals surface area (Å²) in [5.41, 5.74) is 2.65. The molecule has 24 heavy (non-hydrogen) atoms. The van der Waals surface area contributed by atoms with Gasteiger partial charge in [-0.1, -0.05) is 20.8 Å². The first-order valence-corrected chi connectivity index (χ1v) is 8.47. The number of halogens is 1. The molecule has 4 nitrogen and oxygen atoms in total. The molecular weight excluding hydrogens is 386 g/mol. The van der Waals surface area contributed by atoms with Gasteiger partial charge < -0.3 is 22.3 Å². The number of thiophene rings is 1. The maximum Gasteiger partial charge on any atom is 0.231 e. The van der Waals surface area contributed by atoms with Crippen LogP contribution in [-0.4, -0.2) is 5.91 Å². The van der Waals surface area contributed by atoms with E-state index < -0.39 is 0 Å². The Morgan fingerprint density at radius 1 is 1.33 bits per heavy atom. The summed E-state index contributed by atoms with van der Waals surface area (Å²) in [6.07, 6.45) is 4.31. The van der Waals surface area contributed by atoms with Crippen molar-refractivity contribution in [3.63, 3.8) is 0 Å². The molecule has 0 aliphatic carbocycles. The fourth-order valence-electron chi connectivity index (χ4n) is 2.21. The highest BCUT2D eigenvalue weighted by Gasteiger charge is 2.23. The number of aromatic nitrogens is 1. The lowest BCUT2D eigenvalue weighted by Crippen LogP contribution is -3.00. The van der Waals surface area contributed by atoms with Crippen LogP contribution in [0.15, 0.2) is 29.9 Å². The summed E-state index contributed by atoms with van der Waals surface area (Å²) in [4.78, 5) is 12.2. The van der Waals surface area contributed by atoms with E-state index in [0.717, 1.165) is 5.56 Å². The summed E-state index contributed by atoms with van der Waals surface area (Å²) in [6, 6.07) is 6.26. The monoisotopic (exact) mass is 407 g/mol. The quantitative estimate of drug-likeness (QED) is 0.752. The summed E-state index contributed by atoms with van der Waals surface area (Å²) in [7, 11) is 0. The van der Waals surface area contributed by atoms with Crippen molar-refractivity contribution in [3.8, 4) is 6.07 Å². The Morgan fingerprint density at radius 2 is 1.96 bits per heavy atom. The van der Waals surface area contributed by atoms with Crippen molar-refractivity contribution in [1.29, 1.82) is 5.26 Å². The average molecular weight is 408 g/mol. The van der Waals surface area contributed by atoms with Crippen LogP contribution in [-0.2, 0) is 16.8 Å². The molecular formula is C18H22BrN3OS. The summed E-state index contributed by atoms with van der Waals surface area (Å²) in [5, 5.41) is 14.9. The van der Waals surface area contributed by atoms with Crippen LogP contribution in [0.3, 0.4) is 0 Å². The molecule has 0 aliphatic rings. The largest absolute Gasteiger partial charge is 1.00 e. The third kappa shape index (κ3) is 5.15. The van der Waals surface area contributed by atoms with Gasteiger partial charge in [0, 0.05) is 12.1 Å². The van der Waals surface area contributed by atoms with E-state index >= 15 is 0 Å². The molecule has 0 bridgehead atoms. The van der Waals surface area contributed by atoms with Crippen LogP contribution in [0.4, 0.5) is 5.00 Å². The third-order valence-electron chi connectivity index (χ3n) is 3.62. The van der Waals surface area contributed by atoms with Crippen LogP contribution in [0.1, 0.15) is 43.9 Å². The highest BCUT2D eigenvalue weighted by atomic mass is 79.9. The number of aryl methyl sites for hydroxylation is 2. The van der Waals surface area contributed by atoms with Crippen LogP contribution in [0.2, 0.25) is 0 Å². The number of pyridine rings is 1. The molecule has 0 spiro atoms. The van der Waals surface area contributed by atoms with Crippen LogP contribution in [0.5, 0.6) is 0 Å². The minimum atomic E-state index is -0.109. The maximum absolute atomic E-state index is 12.2. The zero-order valence-electron chi connectivity index (χ0n) is 14.4. The smallest absolute Gasteiger partial charge is 0.231 e. The fraction of sp³-hybridized carbons (Fsp3) is 0.389. The molecule has 0 fully saturated rings. The molecule has 128 valence electrons. The molecule has 0 saturated carbocycles. The highest BCUT2D eigenvalue weighted by molar-refractivity contribution is 7.14. The number of carbonyl (C=O) groups is 1. The lowest BCUT2D eigenvalue weighted by Gasteiger charge is -2.17. The van der Waals surface area contributed by atoms with Gasteiger partial charge in [-0.05, 0) is 28.8 Å². The number of rotatable bonds is 4. The van der Waals surface area contributed by atoms with E-state index in [0.29, 0.717) is 23.5 Å². The number of anilines is 1. The molecule has 1 N–H and O–H groups in total. The van der Waals surface area contributed by atoms with Gasteiger partial charge in [0.1, 0.15) is 11.1 Å². The zero-order valence-corrected chi connectivity index (χ0v) is 16.8. The highest BCUT2D eigenvalue weighted by Crippen LogP contribution is 2.35. The number of nitrogens with zero attached hydrogens (tertiary/aromatic N) is 2. The van der Waals surface area contributed by atoms with E-state index in [1.54, 1.807) is 0 Å². The second-order valence-corrected chi connectivity index (χ2v) is 7.51. The van der Waals surface area contributed by atoms with Crippen molar-refractivity contribution in [1.82, 2.24) is 0 Å². The Balaban J connectivity index is 0.00000288. The topological polar surface area (TPSA) is 56.8 Å². The van der Waals surface area contributed by atoms with Crippen molar-refractivity contribution in [2.24, 2.45) is 0 Å². The van der Waals surface area contributed by atoms with E-state index in [1.807, 2.05) is 41.4 Å². The van der Waals surface area contributed by atoms with Crippen LogP contribution < -0.4 is 26.9 Å². The van der Waals surface area contributed by atoms with E-state index in [-0.39, 0.29) is 28.3 Å². The van der Waals surface area contributed by atoms with Crippen molar-refractivity contribution >= 4 is 22.2 Å². The van der Waals surface area contributed by atoms with Crippen LogP contribution in [0.25, 0.3) is 0 Å². The van der Waals surface area contributed by atoms with E-state index in [1.165, 1.54) is 16.9 Å². The van der Waals surface area contributed by atoms with Gasteiger partial charge in [0.05, 0.1) is 12.0 Å². The predicted octanol–water partition coefficient (Wildman–Crippen LogP) is 0.546. The molecule has 2 heterocycles. The standard InChI is InChI=1S/C18H21N3OS.BrH/c1-13-5-8-21(9-6-13)10-7-16(22)20-17-14(11-19)15(12-23-17)18(2,3)4;/h5-6,8-9,12H,7,10H2,1-4H3;1H. The van der Waals surface area contributed by atoms with Crippen LogP contribution in [0, 0.1) is 18.3 Å². The first kappa shape index (κ1) is 20.3. The van der Waals surface area contributed by atoms with Crippen molar-refractivity contribution in [2.75, 3.05) is 5.32 Å². The fourth-order valence-corrected chi connectivity index (χ4v) is 3.37. The molecule has 2 aromatic rings. The van der Waals surface area contributed by atoms with Gasteiger partial charge in [-0.3, -0.25) is 4.79 Å². The third-order valence-corrected chi connectivity index (χ3v) is 4.51. The van der Waals surface area contributed by atoms with Gasteiger partial charge in [-0.2, -0.15) is 5.26 Å². The predicted molar refractivity (Wildman–Crippen MR) is 92.4 cm³/mol. The molecule has 0 atom stereocenters. The Bertz CT molecular complexity index is 739. The molecule has 0 saturated heterocycles. The first-order chi connectivity index (χ1) is 10.8. The maximum atomic E-state index is 12.2. The van der Waals surface area contributed by atoms with Gasteiger partial charge in [0.15, 0.2) is 18.9 Å². The van der Waals surface area contributed by atoms with E-state index in [2.05, 4.69) is 32.2 Å². The summed E-state index contributed by atoms with van der Waals surface area (Å²) in [6.45, 7) is 8.84. The molecule has 0 aromatic carbocycles. The average Bonchev–Trinajstić information content (AvgIpc) is 2.89. The lowest BCUT2D eigenvalue weighted by molar-refractivity contribution is -0.695. The minimum absolute atomic E-state index is 0. The van der Waals surface area contributed by atoms with Gasteiger partial charge in [0.25, 0.3) is 0 Å². The molecule has 6 heteroatoms. The van der Waals surface area contributed by atoms with Crippen molar-refractivity contribution in [2.45, 2.75) is 46.1 Å². The van der Waals surface area contributed by atoms with Crippen LogP contribution >= 0.6 is 11.3 Å². The summed E-state index contributed by atoms with van der Waals surface area (Å²) in [5.74, 6) is -0.0723. The molecule has 0 radical (unpaired) electrons. The van der Waals surface area contributed by atoms with Crippen molar-refractivity contribution < 1.29 is 26.3 Å². The number of hydrogen-bond acceptors (Lipinski definition) is 3. The number of amides is 1. The van der Waals surface area contributed by atoms with E-state index in [9.17, 15) is 10.1 Å². The Kier molecular flexibility index (Phi) is 7.12. The summed E-state index contributed by atoms with van der Waals surface area (Å²) >= 11 is 1.42. The second kappa shape index (κ2) is 8.41. The number of hydrogen-bond donors (Lipinski definition) is 1. The van der Waals surface area contributed by atoms with Gasteiger partial charge in [-0.25, -0.2) is 4.57 Å². The van der Waals surface area contributed by atoms with Gasteiger partial charge in [-0.15, -0.1) is 11.3 Å². The molecule has 0 unspecified atom stereocenters. The number of carbonyl (C=O) groups excluding carboxylic acids is 1. The Hall–Kier alpha value is -1.71. The minimum Gasteiger partial charge on any atom is -1.00 e. The molecule has 2 rings (SSSR count). The normalized spacial score (nSPS) is 10.6. The second-order valence-electron chi connectivity index (χ2n) is 6.63. The summed E-state index contributed by atoms with van der Waals surface area (Å²) < 4.78 is 1.98. The Morgan fingerprint density at radius 3 is 2.50 bits per heavy atom.